The molecule has 0 aromatic carbocycles. The van der Waals surface area contributed by atoms with E-state index >= 15 is 0 Å². The Balaban J connectivity index is 2.31. The summed E-state index contributed by atoms with van der Waals surface area (Å²) in [6.07, 6.45) is 5.63. The molecule has 0 aromatic heterocycles. The number of aliphatic hydroxyl groups is 1. The fraction of sp³-hybridized carbons (Fsp3) is 0.889. The number of hydrogen-bond acceptors (Lipinski definition) is 3. The number of carbonyl (C=O) groups is 1. The minimum atomic E-state index is -0.965. The highest BCUT2D eigenvalue weighted by Gasteiger charge is 2.21. The lowest BCUT2D eigenvalue weighted by atomic mass is 9.95. The van der Waals surface area contributed by atoms with E-state index in [2.05, 4.69) is 5.32 Å². The molecular weight excluding hydrogens is 170 g/mol. The lowest BCUT2D eigenvalue weighted by Crippen LogP contribution is -2.46. The molecule has 0 saturated heterocycles. The number of rotatable bonds is 4. The zero-order chi connectivity index (χ0) is 9.68. The van der Waals surface area contributed by atoms with Gasteiger partial charge in [-0.05, 0) is 12.8 Å². The third kappa shape index (κ3) is 3.32. The Labute approximate surface area is 78.0 Å². The molecule has 13 heavy (non-hydrogen) atoms. The highest BCUT2D eigenvalue weighted by Crippen LogP contribution is 2.17. The van der Waals surface area contributed by atoms with Crippen molar-refractivity contribution in [2.45, 2.75) is 44.2 Å². The molecule has 0 radical (unpaired) electrons. The van der Waals surface area contributed by atoms with E-state index in [1.165, 1.54) is 6.42 Å². The van der Waals surface area contributed by atoms with Crippen molar-refractivity contribution in [3.8, 4) is 0 Å². The standard InChI is InChI=1S/C9H17NO3/c11-6-8(9(12)13)10-7-4-2-1-3-5-7/h7-8,10-11H,1-6H2,(H,12,13). The first-order valence-electron chi connectivity index (χ1n) is 4.83. The smallest absolute Gasteiger partial charge is 0.323 e. The molecular formula is C9H17NO3. The molecule has 1 unspecified atom stereocenters. The predicted molar refractivity (Wildman–Crippen MR) is 48.5 cm³/mol. The van der Waals surface area contributed by atoms with Crippen LogP contribution in [0.15, 0.2) is 0 Å². The normalized spacial score (nSPS) is 21.3. The summed E-state index contributed by atoms with van der Waals surface area (Å²) in [5.74, 6) is -0.965. The lowest BCUT2D eigenvalue weighted by Gasteiger charge is -2.25. The van der Waals surface area contributed by atoms with Gasteiger partial charge in [-0.1, -0.05) is 19.3 Å². The van der Waals surface area contributed by atoms with Crippen LogP contribution >= 0.6 is 0 Å². The first-order valence-corrected chi connectivity index (χ1v) is 4.83. The highest BCUT2D eigenvalue weighted by atomic mass is 16.4. The van der Waals surface area contributed by atoms with Crippen molar-refractivity contribution in [3.05, 3.63) is 0 Å². The number of carboxylic acids is 1. The van der Waals surface area contributed by atoms with Gasteiger partial charge in [0.1, 0.15) is 6.04 Å². The van der Waals surface area contributed by atoms with Crippen LogP contribution in [0.1, 0.15) is 32.1 Å². The van der Waals surface area contributed by atoms with E-state index in [9.17, 15) is 4.79 Å². The van der Waals surface area contributed by atoms with Crippen molar-refractivity contribution >= 4 is 5.97 Å². The van der Waals surface area contributed by atoms with Gasteiger partial charge in [0.15, 0.2) is 0 Å². The SMILES string of the molecule is O=C(O)C(CO)NC1CCCCC1. The molecule has 3 N–H and O–H groups in total. The zero-order valence-electron chi connectivity index (χ0n) is 7.70. The van der Waals surface area contributed by atoms with Gasteiger partial charge >= 0.3 is 5.97 Å². The third-order valence-electron chi connectivity index (χ3n) is 2.52. The van der Waals surface area contributed by atoms with Crippen LogP contribution < -0.4 is 5.32 Å². The first kappa shape index (κ1) is 10.5. The van der Waals surface area contributed by atoms with Gasteiger partial charge in [0.2, 0.25) is 0 Å². The average Bonchev–Trinajstić information content (AvgIpc) is 2.15. The Morgan fingerprint density at radius 1 is 1.38 bits per heavy atom. The minimum absolute atomic E-state index is 0.280. The van der Waals surface area contributed by atoms with Crippen LogP contribution in [0.3, 0.4) is 0 Å². The molecule has 4 nitrogen and oxygen atoms in total. The molecule has 1 saturated carbocycles. The largest absolute Gasteiger partial charge is 0.480 e. The Hall–Kier alpha value is -0.610. The van der Waals surface area contributed by atoms with E-state index in [1.54, 1.807) is 0 Å². The number of aliphatic carboxylic acids is 1. The second kappa shape index (κ2) is 5.19. The summed E-state index contributed by atoms with van der Waals surface area (Å²) in [4.78, 5) is 10.6. The molecule has 1 aliphatic rings. The maximum atomic E-state index is 10.6. The summed E-state index contributed by atoms with van der Waals surface area (Å²) in [5.41, 5.74) is 0. The molecule has 4 heteroatoms. The van der Waals surface area contributed by atoms with Crippen molar-refractivity contribution in [2.24, 2.45) is 0 Å². The maximum absolute atomic E-state index is 10.6. The molecule has 0 bridgehead atoms. The van der Waals surface area contributed by atoms with Gasteiger partial charge in [-0.25, -0.2) is 0 Å². The van der Waals surface area contributed by atoms with E-state index in [0.29, 0.717) is 0 Å². The van der Waals surface area contributed by atoms with Crippen molar-refractivity contribution in [3.63, 3.8) is 0 Å². The molecule has 0 amide bonds. The van der Waals surface area contributed by atoms with Gasteiger partial charge in [0.05, 0.1) is 6.61 Å². The molecule has 1 fully saturated rings. The summed E-state index contributed by atoms with van der Waals surface area (Å²) in [5, 5.41) is 20.4. The molecule has 0 aromatic rings. The number of carboxylic acid groups (broad SMARTS) is 1. The van der Waals surface area contributed by atoms with Gasteiger partial charge in [0.25, 0.3) is 0 Å². The van der Waals surface area contributed by atoms with E-state index in [-0.39, 0.29) is 12.6 Å². The molecule has 76 valence electrons. The van der Waals surface area contributed by atoms with E-state index < -0.39 is 12.0 Å². The molecule has 1 rings (SSSR count). The molecule has 1 aliphatic carbocycles. The first-order chi connectivity index (χ1) is 6.24. The summed E-state index contributed by atoms with van der Waals surface area (Å²) in [6.45, 7) is -0.328. The summed E-state index contributed by atoms with van der Waals surface area (Å²) < 4.78 is 0. The lowest BCUT2D eigenvalue weighted by molar-refractivity contribution is -0.140. The van der Waals surface area contributed by atoms with Crippen LogP contribution in [-0.4, -0.2) is 34.9 Å². The molecule has 0 spiro atoms. The molecule has 0 aliphatic heterocycles. The van der Waals surface area contributed by atoms with E-state index in [0.717, 1.165) is 25.7 Å². The third-order valence-corrected chi connectivity index (χ3v) is 2.52. The maximum Gasteiger partial charge on any atom is 0.323 e. The summed E-state index contributed by atoms with van der Waals surface area (Å²) in [7, 11) is 0. The van der Waals surface area contributed by atoms with Crippen molar-refractivity contribution in [1.29, 1.82) is 0 Å². The average molecular weight is 187 g/mol. The van der Waals surface area contributed by atoms with Crippen molar-refractivity contribution < 1.29 is 15.0 Å². The van der Waals surface area contributed by atoms with Crippen LogP contribution in [0.4, 0.5) is 0 Å². The Bertz CT molecular complexity index is 166. The van der Waals surface area contributed by atoms with E-state index in [4.69, 9.17) is 10.2 Å². The Morgan fingerprint density at radius 2 is 2.00 bits per heavy atom. The molecule has 1 atom stereocenters. The van der Waals surface area contributed by atoms with Gasteiger partial charge in [0, 0.05) is 6.04 Å². The van der Waals surface area contributed by atoms with Crippen molar-refractivity contribution in [1.82, 2.24) is 5.32 Å². The van der Waals surface area contributed by atoms with Crippen LogP contribution in [0.2, 0.25) is 0 Å². The van der Waals surface area contributed by atoms with Gasteiger partial charge in [-0.3, -0.25) is 10.1 Å². The monoisotopic (exact) mass is 187 g/mol. The van der Waals surface area contributed by atoms with Gasteiger partial charge in [-0.15, -0.1) is 0 Å². The zero-order valence-corrected chi connectivity index (χ0v) is 7.70. The van der Waals surface area contributed by atoms with Crippen LogP contribution in [0, 0.1) is 0 Å². The van der Waals surface area contributed by atoms with E-state index in [1.807, 2.05) is 0 Å². The molecule has 0 heterocycles. The summed E-state index contributed by atoms with van der Waals surface area (Å²) in [6, 6.07) is -0.509. The fourth-order valence-electron chi connectivity index (χ4n) is 1.76. The number of hydrogen-bond donors (Lipinski definition) is 3. The number of aliphatic hydroxyl groups excluding tert-OH is 1. The Kier molecular flexibility index (Phi) is 4.18. The van der Waals surface area contributed by atoms with Crippen LogP contribution in [0.25, 0.3) is 0 Å². The summed E-state index contributed by atoms with van der Waals surface area (Å²) >= 11 is 0. The Morgan fingerprint density at radius 3 is 2.46 bits per heavy atom. The predicted octanol–water partition coefficient (Wildman–Crippen LogP) is 0.354. The van der Waals surface area contributed by atoms with Crippen LogP contribution in [0.5, 0.6) is 0 Å². The highest BCUT2D eigenvalue weighted by molar-refractivity contribution is 5.73. The fourth-order valence-corrected chi connectivity index (χ4v) is 1.76. The van der Waals surface area contributed by atoms with Gasteiger partial charge in [-0.2, -0.15) is 0 Å². The van der Waals surface area contributed by atoms with Gasteiger partial charge < -0.3 is 10.2 Å². The van der Waals surface area contributed by atoms with Crippen molar-refractivity contribution in [2.75, 3.05) is 6.61 Å². The topological polar surface area (TPSA) is 69.6 Å². The minimum Gasteiger partial charge on any atom is -0.480 e. The number of nitrogens with one attached hydrogen (secondary N) is 1. The second-order valence-corrected chi connectivity index (χ2v) is 3.57. The second-order valence-electron chi connectivity index (χ2n) is 3.57. The van der Waals surface area contributed by atoms with Crippen LogP contribution in [-0.2, 0) is 4.79 Å². The quantitative estimate of drug-likeness (QED) is 0.594.